The molecular formula is C26H60N4O10S. The number of nitrogens with two attached hydrogens (primary N) is 2. The number of ketones is 3. The van der Waals surface area contributed by atoms with Gasteiger partial charge in [0.25, 0.3) is 10.1 Å². The second-order valence-electron chi connectivity index (χ2n) is 10.7. The van der Waals surface area contributed by atoms with E-state index in [0.717, 1.165) is 19.9 Å². The van der Waals surface area contributed by atoms with Crippen molar-refractivity contribution in [2.75, 3.05) is 33.1 Å². The minimum absolute atomic E-state index is 0. The number of hydrazine groups is 1. The lowest BCUT2D eigenvalue weighted by Crippen LogP contribution is -2.28. The van der Waals surface area contributed by atoms with Gasteiger partial charge >= 0.3 is 0 Å². The van der Waals surface area contributed by atoms with Crippen LogP contribution in [-0.4, -0.2) is 87.1 Å². The van der Waals surface area contributed by atoms with Gasteiger partial charge in [-0.1, -0.05) is 55.4 Å². The molecule has 0 radical (unpaired) electrons. The van der Waals surface area contributed by atoms with Gasteiger partial charge in [0.15, 0.2) is 0 Å². The fourth-order valence-corrected chi connectivity index (χ4v) is 1.61. The van der Waals surface area contributed by atoms with Gasteiger partial charge in [0.05, 0.1) is 19.5 Å². The van der Waals surface area contributed by atoms with E-state index in [4.69, 9.17) is 15.0 Å². The van der Waals surface area contributed by atoms with Crippen LogP contribution in [0.3, 0.4) is 0 Å². The Labute approximate surface area is 248 Å². The molecule has 0 aliphatic carbocycles. The highest BCUT2D eigenvalue weighted by atomic mass is 32.2. The molecule has 15 heteroatoms. The Balaban J connectivity index is -0.0000000716. The zero-order chi connectivity index (χ0) is 34.1. The Morgan fingerprint density at radius 2 is 1.34 bits per heavy atom. The van der Waals surface area contributed by atoms with Gasteiger partial charge < -0.3 is 25.9 Å². The maximum absolute atomic E-state index is 10.9. The molecule has 1 heterocycles. The van der Waals surface area contributed by atoms with Crippen LogP contribution in [0.2, 0.25) is 0 Å². The van der Waals surface area contributed by atoms with Crippen LogP contribution in [0.25, 0.3) is 0 Å². The Bertz CT molecular complexity index is 824. The van der Waals surface area contributed by atoms with Crippen LogP contribution >= 0.6 is 0 Å². The smallest absolute Gasteiger partial charge is 0.264 e. The zero-order valence-corrected chi connectivity index (χ0v) is 28.5. The predicted molar refractivity (Wildman–Crippen MR) is 164 cm³/mol. The average molecular weight is 621 g/mol. The first-order chi connectivity index (χ1) is 17.9. The van der Waals surface area contributed by atoms with Gasteiger partial charge in [0.1, 0.15) is 24.1 Å². The summed E-state index contributed by atoms with van der Waals surface area (Å²) in [6.45, 7) is 24.2. The number of carbonyl (C=O) groups excluding carboxylic acids is 4. The van der Waals surface area contributed by atoms with E-state index in [1.54, 1.807) is 34.6 Å². The van der Waals surface area contributed by atoms with E-state index in [1.165, 1.54) is 19.6 Å². The molecule has 0 saturated heterocycles. The van der Waals surface area contributed by atoms with Crippen molar-refractivity contribution in [1.29, 1.82) is 0 Å². The van der Waals surface area contributed by atoms with Gasteiger partial charge in [-0.05, 0) is 27.7 Å². The highest BCUT2D eigenvalue weighted by molar-refractivity contribution is 7.85. The van der Waals surface area contributed by atoms with E-state index in [0.29, 0.717) is 5.41 Å². The van der Waals surface area contributed by atoms with Crippen LogP contribution in [0.5, 0.6) is 0 Å². The van der Waals surface area contributed by atoms with Crippen LogP contribution in [0, 0.1) is 22.2 Å². The van der Waals surface area contributed by atoms with Crippen molar-refractivity contribution in [3.05, 3.63) is 0 Å². The molecule has 0 aromatic rings. The summed E-state index contributed by atoms with van der Waals surface area (Å²) in [4.78, 5) is 39.6. The minimum atomic E-state index is -3.44. The molecule has 1 aliphatic heterocycles. The van der Waals surface area contributed by atoms with Crippen LogP contribution in [0.4, 0.5) is 0 Å². The molecule has 0 bridgehead atoms. The monoisotopic (exact) mass is 620 g/mol. The molecule has 0 amide bonds. The number of nitrogens with one attached hydrogen (secondary N) is 1. The summed E-state index contributed by atoms with van der Waals surface area (Å²) in [7, 11) is -2.44. The molecule has 1 aliphatic rings. The van der Waals surface area contributed by atoms with E-state index < -0.39 is 20.9 Å². The van der Waals surface area contributed by atoms with Gasteiger partial charge in [-0.2, -0.15) is 13.5 Å². The number of aliphatic hydroxyl groups excluding tert-OH is 2. The van der Waals surface area contributed by atoms with Crippen LogP contribution < -0.4 is 17.1 Å². The third kappa shape index (κ3) is 35.8. The first kappa shape index (κ1) is 54.9. The molecule has 0 saturated carbocycles. The summed E-state index contributed by atoms with van der Waals surface area (Å²) >= 11 is 0. The van der Waals surface area contributed by atoms with Gasteiger partial charge in [0, 0.05) is 41.5 Å². The summed E-state index contributed by atoms with van der Waals surface area (Å²) in [5, 5.41) is 19.6. The topological polar surface area (TPSA) is 260 Å². The number of rotatable bonds is 7. The zero-order valence-electron chi connectivity index (χ0n) is 27.7. The fourth-order valence-electron chi connectivity index (χ4n) is 1.10. The number of hydrogen-bond donors (Lipinski definition) is 5. The van der Waals surface area contributed by atoms with Crippen molar-refractivity contribution in [2.24, 2.45) is 38.9 Å². The number of carbonyl (C=O) groups is 4. The van der Waals surface area contributed by atoms with Crippen LogP contribution in [0.15, 0.2) is 5.10 Å². The van der Waals surface area contributed by atoms with E-state index in [1.807, 2.05) is 20.6 Å². The van der Waals surface area contributed by atoms with E-state index in [-0.39, 0.29) is 42.0 Å². The van der Waals surface area contributed by atoms with E-state index in [2.05, 4.69) is 47.2 Å². The maximum atomic E-state index is 10.9. The second-order valence-corrected chi connectivity index (χ2v) is 12.3. The molecule has 0 aromatic heterocycles. The highest BCUT2D eigenvalue weighted by Gasteiger charge is 2.26. The lowest BCUT2D eigenvalue weighted by atomic mass is 9.90. The average Bonchev–Trinajstić information content (AvgIpc) is 3.17. The Hall–Kier alpha value is -2.14. The minimum Gasteiger partial charge on any atom is -0.412 e. The van der Waals surface area contributed by atoms with E-state index >= 15 is 0 Å². The number of hydrogen-bond acceptors (Lipinski definition) is 13. The second kappa shape index (κ2) is 28.0. The standard InChI is InChI=1S/C7H14O4S.C6H12N2.C6H12O2.C5H10O.CH4O.CH2O.H4N2.H2O/c1-6(8)7(2,3)5-11-12(4,9)10;1-5-6(2,3)4-7-8-5;1-5(8)6(2,3)4-7;1-4(2)5(3)6;3*1-2;/h5H2,1-4H3;2*7H,4H2,1-3H3;4H,1-3H3;2H,1H3;1H2;1-2H2;1H2. The van der Waals surface area contributed by atoms with Gasteiger partial charge in [0.2, 0.25) is 0 Å². The van der Waals surface area contributed by atoms with Crippen molar-refractivity contribution in [2.45, 2.75) is 83.1 Å². The third-order valence-corrected chi connectivity index (χ3v) is 6.04. The van der Waals surface area contributed by atoms with Crippen molar-refractivity contribution >= 4 is 40.0 Å². The lowest BCUT2D eigenvalue weighted by molar-refractivity contribution is -0.127. The highest BCUT2D eigenvalue weighted by Crippen LogP contribution is 2.19. The fraction of sp³-hybridized carbons (Fsp3) is 0.808. The van der Waals surface area contributed by atoms with Crippen LogP contribution in [0.1, 0.15) is 83.1 Å². The lowest BCUT2D eigenvalue weighted by Gasteiger charge is -2.19. The maximum Gasteiger partial charge on any atom is 0.264 e. The molecule has 9 N–H and O–H groups in total. The Morgan fingerprint density at radius 1 is 1.02 bits per heavy atom. The summed E-state index contributed by atoms with van der Waals surface area (Å²) < 4.78 is 25.6. The summed E-state index contributed by atoms with van der Waals surface area (Å²) in [6.07, 6.45) is 0.962. The molecular weight excluding hydrogens is 560 g/mol. The molecule has 0 aromatic carbocycles. The number of Topliss-reactive ketones (excluding diaryl/α,β-unsaturated/α-hetero) is 3. The number of aliphatic hydroxyl groups is 2. The molecule has 0 spiro atoms. The SMILES string of the molecule is C=O.CC(=O)C(C)(C)CO.CC(=O)C(C)(C)COS(C)(=O)=O.CC(=O)C(C)C.CC1=NNCC1(C)C.CO.NN.O. The molecule has 0 fully saturated rings. The number of nitrogens with zero attached hydrogens (tertiary/aromatic N) is 1. The van der Waals surface area contributed by atoms with Crippen molar-refractivity contribution in [3.63, 3.8) is 0 Å². The van der Waals surface area contributed by atoms with Crippen molar-refractivity contribution in [1.82, 2.24) is 5.43 Å². The predicted octanol–water partition coefficient (Wildman–Crippen LogP) is 0.813. The summed E-state index contributed by atoms with van der Waals surface area (Å²) in [6, 6.07) is 0. The Kier molecular flexibility index (Phi) is 37.5. The third-order valence-electron chi connectivity index (χ3n) is 5.50. The molecule has 41 heavy (non-hydrogen) atoms. The number of hydrazone groups is 1. The molecule has 0 atom stereocenters. The first-order valence-electron chi connectivity index (χ1n) is 12.2. The van der Waals surface area contributed by atoms with Gasteiger partial charge in [-0.15, -0.1) is 0 Å². The molecule has 14 nitrogen and oxygen atoms in total. The van der Waals surface area contributed by atoms with Gasteiger partial charge in [-0.3, -0.25) is 30.3 Å². The molecule has 250 valence electrons. The van der Waals surface area contributed by atoms with Crippen molar-refractivity contribution in [3.8, 4) is 0 Å². The summed E-state index contributed by atoms with van der Waals surface area (Å²) in [5.41, 5.74) is 3.17. The normalized spacial score (nSPS) is 12.6. The molecule has 1 rings (SSSR count). The van der Waals surface area contributed by atoms with Crippen molar-refractivity contribution < 1.29 is 47.5 Å². The largest absolute Gasteiger partial charge is 0.412 e. The Morgan fingerprint density at radius 3 is 1.44 bits per heavy atom. The molecule has 0 unspecified atom stereocenters. The quantitative estimate of drug-likeness (QED) is 0.150. The first-order valence-corrected chi connectivity index (χ1v) is 14.1. The van der Waals surface area contributed by atoms with E-state index in [9.17, 15) is 22.8 Å². The van der Waals surface area contributed by atoms with Gasteiger partial charge in [-0.25, -0.2) is 0 Å². The summed E-state index contributed by atoms with van der Waals surface area (Å²) in [5.74, 6) is 8.41. The van der Waals surface area contributed by atoms with Crippen LogP contribution in [-0.2, 0) is 33.5 Å².